The van der Waals surface area contributed by atoms with Crippen LogP contribution in [0.15, 0.2) is 97.1 Å². The average molecular weight is 377 g/mol. The quantitative estimate of drug-likeness (QED) is 0.422. The molecule has 0 spiro atoms. The maximum atomic E-state index is 4.90. The van der Waals surface area contributed by atoms with Crippen LogP contribution >= 0.6 is 0 Å². The van der Waals surface area contributed by atoms with Crippen molar-refractivity contribution in [1.29, 1.82) is 0 Å². The minimum absolute atomic E-state index is 0.727. The van der Waals surface area contributed by atoms with Crippen LogP contribution in [0, 0.1) is 0 Å². The van der Waals surface area contributed by atoms with Crippen molar-refractivity contribution in [3.63, 3.8) is 0 Å². The van der Waals surface area contributed by atoms with Gasteiger partial charge in [-0.2, -0.15) is 0 Å². The van der Waals surface area contributed by atoms with E-state index in [4.69, 9.17) is 4.98 Å². The number of nitrogens with one attached hydrogen (secondary N) is 1. The van der Waals surface area contributed by atoms with Gasteiger partial charge in [-0.1, -0.05) is 84.9 Å². The first-order valence-corrected chi connectivity index (χ1v) is 10.0. The second-order valence-electron chi connectivity index (χ2n) is 7.33. The number of aromatic nitrogens is 2. The lowest BCUT2D eigenvalue weighted by Crippen LogP contribution is -2.17. The molecular weight excluding hydrogens is 354 g/mol. The summed E-state index contributed by atoms with van der Waals surface area (Å²) in [5.74, 6) is 1.07. The van der Waals surface area contributed by atoms with Crippen LogP contribution < -0.4 is 5.32 Å². The van der Waals surface area contributed by atoms with Gasteiger partial charge in [0.2, 0.25) is 0 Å². The number of nitrogens with zero attached hydrogens (tertiary/aromatic N) is 2. The Bertz CT molecular complexity index is 1250. The van der Waals surface area contributed by atoms with Gasteiger partial charge in [0, 0.05) is 13.1 Å². The van der Waals surface area contributed by atoms with Crippen molar-refractivity contribution < 1.29 is 0 Å². The molecule has 29 heavy (non-hydrogen) atoms. The molecule has 5 aromatic rings. The summed E-state index contributed by atoms with van der Waals surface area (Å²) in [5.41, 5.74) is 4.82. The summed E-state index contributed by atoms with van der Waals surface area (Å²) in [6.45, 7) is 2.37. The zero-order chi connectivity index (χ0) is 19.5. The van der Waals surface area contributed by atoms with Gasteiger partial charge in [0.05, 0.1) is 17.6 Å². The van der Waals surface area contributed by atoms with E-state index in [2.05, 4.69) is 107 Å². The summed E-state index contributed by atoms with van der Waals surface area (Å²) in [6.07, 6.45) is 0. The highest BCUT2D eigenvalue weighted by Crippen LogP contribution is 2.20. The summed E-state index contributed by atoms with van der Waals surface area (Å²) in [7, 11) is 0. The summed E-state index contributed by atoms with van der Waals surface area (Å²) in [4.78, 5) is 4.90. The normalized spacial score (nSPS) is 11.3. The van der Waals surface area contributed by atoms with Gasteiger partial charge < -0.3 is 9.88 Å². The second-order valence-corrected chi connectivity index (χ2v) is 7.33. The molecule has 142 valence electrons. The molecule has 0 saturated carbocycles. The van der Waals surface area contributed by atoms with Crippen molar-refractivity contribution in [2.24, 2.45) is 0 Å². The van der Waals surface area contributed by atoms with Crippen LogP contribution in [0.4, 0.5) is 0 Å². The van der Waals surface area contributed by atoms with Crippen molar-refractivity contribution >= 4 is 21.8 Å². The lowest BCUT2D eigenvalue weighted by Gasteiger charge is -2.11. The molecule has 0 aliphatic heterocycles. The first-order valence-electron chi connectivity index (χ1n) is 10.0. The Balaban J connectivity index is 1.40. The van der Waals surface area contributed by atoms with Crippen LogP contribution in [-0.4, -0.2) is 9.55 Å². The van der Waals surface area contributed by atoms with Crippen molar-refractivity contribution in [2.45, 2.75) is 19.6 Å². The van der Waals surface area contributed by atoms with Gasteiger partial charge in [0.15, 0.2) is 0 Å². The lowest BCUT2D eigenvalue weighted by molar-refractivity contribution is 0.630. The summed E-state index contributed by atoms with van der Waals surface area (Å²) >= 11 is 0. The number of hydrogen-bond acceptors (Lipinski definition) is 2. The Morgan fingerprint density at radius 2 is 1.45 bits per heavy atom. The van der Waals surface area contributed by atoms with E-state index in [0.717, 1.165) is 31.0 Å². The van der Waals surface area contributed by atoms with Gasteiger partial charge in [-0.25, -0.2) is 4.98 Å². The maximum absolute atomic E-state index is 4.90. The summed E-state index contributed by atoms with van der Waals surface area (Å²) in [5, 5.41) is 6.20. The molecule has 4 aromatic carbocycles. The van der Waals surface area contributed by atoms with Gasteiger partial charge in [-0.15, -0.1) is 0 Å². The molecule has 0 amide bonds. The van der Waals surface area contributed by atoms with Gasteiger partial charge >= 0.3 is 0 Å². The smallest absolute Gasteiger partial charge is 0.124 e. The number of para-hydroxylation sites is 2. The summed E-state index contributed by atoms with van der Waals surface area (Å²) in [6, 6.07) is 34.0. The van der Waals surface area contributed by atoms with Gasteiger partial charge in [0.1, 0.15) is 5.82 Å². The third kappa shape index (κ3) is 3.65. The van der Waals surface area contributed by atoms with E-state index in [1.165, 1.54) is 27.4 Å². The third-order valence-corrected chi connectivity index (χ3v) is 5.40. The van der Waals surface area contributed by atoms with Crippen molar-refractivity contribution in [2.75, 3.05) is 0 Å². The van der Waals surface area contributed by atoms with Gasteiger partial charge in [0.25, 0.3) is 0 Å². The van der Waals surface area contributed by atoms with Crippen molar-refractivity contribution in [3.05, 3.63) is 114 Å². The number of imidazole rings is 1. The van der Waals surface area contributed by atoms with Crippen LogP contribution in [0.2, 0.25) is 0 Å². The highest BCUT2D eigenvalue weighted by atomic mass is 15.1. The molecule has 3 heteroatoms. The predicted molar refractivity (Wildman–Crippen MR) is 120 cm³/mol. The van der Waals surface area contributed by atoms with Gasteiger partial charge in [-0.3, -0.25) is 0 Å². The molecule has 0 radical (unpaired) electrons. The fourth-order valence-corrected chi connectivity index (χ4v) is 3.96. The first kappa shape index (κ1) is 17.7. The highest BCUT2D eigenvalue weighted by molar-refractivity contribution is 5.85. The average Bonchev–Trinajstić information content (AvgIpc) is 3.12. The van der Waals surface area contributed by atoms with Crippen LogP contribution in [0.3, 0.4) is 0 Å². The van der Waals surface area contributed by atoms with E-state index in [-0.39, 0.29) is 0 Å². The molecule has 1 aromatic heterocycles. The molecule has 0 unspecified atom stereocenters. The third-order valence-electron chi connectivity index (χ3n) is 5.40. The Morgan fingerprint density at radius 3 is 2.38 bits per heavy atom. The van der Waals surface area contributed by atoms with Crippen LogP contribution in [0.1, 0.15) is 17.0 Å². The van der Waals surface area contributed by atoms with E-state index in [9.17, 15) is 0 Å². The van der Waals surface area contributed by atoms with Crippen LogP contribution in [-0.2, 0) is 19.6 Å². The zero-order valence-corrected chi connectivity index (χ0v) is 16.3. The predicted octanol–water partition coefficient (Wildman–Crippen LogP) is 5.53. The van der Waals surface area contributed by atoms with Crippen LogP contribution in [0.5, 0.6) is 0 Å². The number of hydrogen-bond donors (Lipinski definition) is 1. The standard InChI is InChI=1S/C26H23N3/c1-2-9-20(10-3-1)19-29-25-16-7-6-15-24(25)28-26(29)18-27-17-22-13-8-12-21-11-4-5-14-23(21)22/h1-16,27H,17-19H2. The fraction of sp³-hybridized carbons (Fsp3) is 0.115. The van der Waals surface area contributed by atoms with Crippen LogP contribution in [0.25, 0.3) is 21.8 Å². The van der Waals surface area contributed by atoms with E-state index in [0.29, 0.717) is 0 Å². The maximum Gasteiger partial charge on any atom is 0.124 e. The zero-order valence-electron chi connectivity index (χ0n) is 16.3. The van der Waals surface area contributed by atoms with E-state index in [1.54, 1.807) is 0 Å². The Hall–Kier alpha value is -3.43. The Kier molecular flexibility index (Phi) is 4.81. The molecule has 0 aliphatic rings. The molecule has 0 saturated heterocycles. The van der Waals surface area contributed by atoms with E-state index >= 15 is 0 Å². The lowest BCUT2D eigenvalue weighted by atomic mass is 10.0. The SMILES string of the molecule is c1ccc(Cn2c(CNCc3cccc4ccccc34)nc3ccccc32)cc1. The fourth-order valence-electron chi connectivity index (χ4n) is 3.96. The largest absolute Gasteiger partial charge is 0.322 e. The molecule has 0 aliphatic carbocycles. The molecule has 0 fully saturated rings. The number of rotatable bonds is 6. The van der Waals surface area contributed by atoms with E-state index in [1.807, 2.05) is 0 Å². The minimum atomic E-state index is 0.727. The Labute approximate surface area is 170 Å². The Morgan fingerprint density at radius 1 is 0.690 bits per heavy atom. The molecule has 0 atom stereocenters. The number of fused-ring (bicyclic) bond motifs is 2. The molecular formula is C26H23N3. The molecule has 3 nitrogen and oxygen atoms in total. The number of benzene rings is 4. The molecule has 1 heterocycles. The molecule has 1 N–H and O–H groups in total. The van der Waals surface area contributed by atoms with Gasteiger partial charge in [-0.05, 0) is 34.0 Å². The van der Waals surface area contributed by atoms with Crippen molar-refractivity contribution in [3.8, 4) is 0 Å². The van der Waals surface area contributed by atoms with Crippen molar-refractivity contribution in [1.82, 2.24) is 14.9 Å². The first-order chi connectivity index (χ1) is 14.4. The minimum Gasteiger partial charge on any atom is -0.322 e. The molecule has 0 bridgehead atoms. The summed E-state index contributed by atoms with van der Waals surface area (Å²) < 4.78 is 2.32. The molecule has 5 rings (SSSR count). The van der Waals surface area contributed by atoms with E-state index < -0.39 is 0 Å². The topological polar surface area (TPSA) is 29.9 Å². The monoisotopic (exact) mass is 377 g/mol. The second kappa shape index (κ2) is 7.90. The highest BCUT2D eigenvalue weighted by Gasteiger charge is 2.11.